The van der Waals surface area contributed by atoms with Gasteiger partial charge < -0.3 is 10.2 Å². The molecule has 1 amide bonds. The van der Waals surface area contributed by atoms with Gasteiger partial charge in [0.15, 0.2) is 0 Å². The first-order valence-corrected chi connectivity index (χ1v) is 7.57. The molecule has 0 heterocycles. The lowest BCUT2D eigenvalue weighted by Gasteiger charge is -2.12. The van der Waals surface area contributed by atoms with E-state index >= 15 is 0 Å². The van der Waals surface area contributed by atoms with Gasteiger partial charge in [0.1, 0.15) is 0 Å². The molecule has 2 aromatic carbocycles. The summed E-state index contributed by atoms with van der Waals surface area (Å²) in [6.45, 7) is 2.79. The second-order valence-electron chi connectivity index (χ2n) is 5.22. The lowest BCUT2D eigenvalue weighted by Crippen LogP contribution is -2.21. The Morgan fingerprint density at radius 1 is 1.19 bits per heavy atom. The highest BCUT2D eigenvalue weighted by Crippen LogP contribution is 2.19. The van der Waals surface area contributed by atoms with Crippen LogP contribution >= 0.6 is 15.9 Å². The van der Waals surface area contributed by atoms with Gasteiger partial charge in [-0.1, -0.05) is 34.1 Å². The number of carbonyl (C=O) groups is 1. The molecule has 4 heteroatoms. The van der Waals surface area contributed by atoms with E-state index in [1.165, 1.54) is 11.1 Å². The summed E-state index contributed by atoms with van der Waals surface area (Å²) in [5.41, 5.74) is 4.05. The second-order valence-corrected chi connectivity index (χ2v) is 6.07. The summed E-state index contributed by atoms with van der Waals surface area (Å²) in [6, 6.07) is 13.9. The van der Waals surface area contributed by atoms with Gasteiger partial charge in [-0.05, 0) is 42.3 Å². The maximum absolute atomic E-state index is 11.9. The van der Waals surface area contributed by atoms with E-state index in [9.17, 15) is 4.79 Å². The number of rotatable bonds is 4. The van der Waals surface area contributed by atoms with Crippen molar-refractivity contribution in [1.29, 1.82) is 0 Å². The van der Waals surface area contributed by atoms with Crippen LogP contribution in [0.2, 0.25) is 0 Å². The number of hydrogen-bond donors (Lipinski definition) is 1. The van der Waals surface area contributed by atoms with Gasteiger partial charge in [0, 0.05) is 36.4 Å². The summed E-state index contributed by atoms with van der Waals surface area (Å²) in [4.78, 5) is 13.5. The third kappa shape index (κ3) is 4.08. The van der Waals surface area contributed by atoms with E-state index in [0.29, 0.717) is 5.56 Å². The summed E-state index contributed by atoms with van der Waals surface area (Å²) in [5, 5.41) is 3.35. The zero-order chi connectivity index (χ0) is 15.4. The Morgan fingerprint density at radius 2 is 1.95 bits per heavy atom. The van der Waals surface area contributed by atoms with Crippen LogP contribution in [0.4, 0.5) is 5.69 Å². The summed E-state index contributed by atoms with van der Waals surface area (Å²) < 4.78 is 1.11. The SMILES string of the molecule is Cc1ccc(CNc2cccc(C(=O)N(C)C)c2)cc1Br. The minimum atomic E-state index is 0.0109. The molecule has 110 valence electrons. The highest BCUT2D eigenvalue weighted by molar-refractivity contribution is 9.10. The van der Waals surface area contributed by atoms with Crippen molar-refractivity contribution in [2.75, 3.05) is 19.4 Å². The molecule has 21 heavy (non-hydrogen) atoms. The lowest BCUT2D eigenvalue weighted by atomic mass is 10.1. The number of anilines is 1. The molecule has 0 aliphatic carbocycles. The van der Waals surface area contributed by atoms with Gasteiger partial charge >= 0.3 is 0 Å². The van der Waals surface area contributed by atoms with Gasteiger partial charge in [-0.15, -0.1) is 0 Å². The largest absolute Gasteiger partial charge is 0.381 e. The van der Waals surface area contributed by atoms with Gasteiger partial charge in [-0.25, -0.2) is 0 Å². The average Bonchev–Trinajstić information content (AvgIpc) is 2.48. The van der Waals surface area contributed by atoms with Crippen LogP contribution < -0.4 is 5.32 Å². The third-order valence-electron chi connectivity index (χ3n) is 3.25. The fourth-order valence-electron chi connectivity index (χ4n) is 1.97. The molecule has 3 nitrogen and oxygen atoms in total. The van der Waals surface area contributed by atoms with Gasteiger partial charge in [0.05, 0.1) is 0 Å². The lowest BCUT2D eigenvalue weighted by molar-refractivity contribution is 0.0827. The van der Waals surface area contributed by atoms with Crippen LogP contribution in [0.3, 0.4) is 0 Å². The molecular formula is C17H19BrN2O. The summed E-state index contributed by atoms with van der Waals surface area (Å²) in [7, 11) is 3.51. The molecule has 0 saturated carbocycles. The minimum absolute atomic E-state index is 0.0109. The van der Waals surface area contributed by atoms with Crippen molar-refractivity contribution in [3.05, 3.63) is 63.6 Å². The topological polar surface area (TPSA) is 32.3 Å². The van der Waals surface area contributed by atoms with E-state index in [1.807, 2.05) is 24.3 Å². The Labute approximate surface area is 134 Å². The molecule has 0 aromatic heterocycles. The number of aryl methyl sites for hydroxylation is 1. The predicted molar refractivity (Wildman–Crippen MR) is 90.7 cm³/mol. The number of nitrogens with zero attached hydrogens (tertiary/aromatic N) is 1. The molecule has 0 bridgehead atoms. The van der Waals surface area contributed by atoms with Crippen molar-refractivity contribution in [2.45, 2.75) is 13.5 Å². The molecule has 0 saturated heterocycles. The van der Waals surface area contributed by atoms with Gasteiger partial charge in [-0.3, -0.25) is 4.79 Å². The van der Waals surface area contributed by atoms with Crippen LogP contribution in [-0.2, 0) is 6.54 Å². The zero-order valence-electron chi connectivity index (χ0n) is 12.5. The Bertz CT molecular complexity index is 653. The van der Waals surface area contributed by atoms with Crippen molar-refractivity contribution in [3.8, 4) is 0 Å². The Balaban J connectivity index is 2.08. The highest BCUT2D eigenvalue weighted by atomic mass is 79.9. The monoisotopic (exact) mass is 346 g/mol. The second kappa shape index (κ2) is 6.76. The quantitative estimate of drug-likeness (QED) is 0.904. The molecule has 0 aliphatic rings. The zero-order valence-corrected chi connectivity index (χ0v) is 14.1. The van der Waals surface area contributed by atoms with Crippen LogP contribution in [0, 0.1) is 6.92 Å². The van der Waals surface area contributed by atoms with E-state index in [1.54, 1.807) is 19.0 Å². The summed E-state index contributed by atoms with van der Waals surface area (Å²) >= 11 is 3.54. The van der Waals surface area contributed by atoms with Crippen LogP contribution in [0.15, 0.2) is 46.9 Å². The molecule has 0 spiro atoms. The maximum atomic E-state index is 11.9. The van der Waals surface area contributed by atoms with Crippen LogP contribution in [0.1, 0.15) is 21.5 Å². The Hall–Kier alpha value is -1.81. The van der Waals surface area contributed by atoms with E-state index in [4.69, 9.17) is 0 Å². The molecule has 0 unspecified atom stereocenters. The van der Waals surface area contributed by atoms with Crippen molar-refractivity contribution >= 4 is 27.5 Å². The first-order chi connectivity index (χ1) is 9.97. The standard InChI is InChI=1S/C17H19BrN2O/c1-12-7-8-13(9-16(12)18)11-19-15-6-4-5-14(10-15)17(21)20(2)3/h4-10,19H,11H2,1-3H3. The highest BCUT2D eigenvalue weighted by Gasteiger charge is 2.08. The number of halogens is 1. The number of benzene rings is 2. The van der Waals surface area contributed by atoms with E-state index in [-0.39, 0.29) is 5.91 Å². The predicted octanol–water partition coefficient (Wildman–Crippen LogP) is 4.07. The normalized spacial score (nSPS) is 10.3. The first kappa shape index (κ1) is 15.6. The van der Waals surface area contributed by atoms with Crippen LogP contribution in [-0.4, -0.2) is 24.9 Å². The third-order valence-corrected chi connectivity index (χ3v) is 4.10. The number of nitrogens with one attached hydrogen (secondary N) is 1. The number of hydrogen-bond acceptors (Lipinski definition) is 2. The molecule has 0 fully saturated rings. The number of carbonyl (C=O) groups excluding carboxylic acids is 1. The molecule has 0 radical (unpaired) electrons. The van der Waals surface area contributed by atoms with Crippen molar-refractivity contribution in [2.24, 2.45) is 0 Å². The fourth-order valence-corrected chi connectivity index (χ4v) is 2.40. The molecular weight excluding hydrogens is 328 g/mol. The number of amides is 1. The van der Waals surface area contributed by atoms with Gasteiger partial charge in [-0.2, -0.15) is 0 Å². The fraction of sp³-hybridized carbons (Fsp3) is 0.235. The molecule has 2 rings (SSSR count). The molecule has 0 aliphatic heterocycles. The minimum Gasteiger partial charge on any atom is -0.381 e. The molecule has 0 atom stereocenters. The van der Waals surface area contributed by atoms with Crippen LogP contribution in [0.5, 0.6) is 0 Å². The van der Waals surface area contributed by atoms with Crippen molar-refractivity contribution in [1.82, 2.24) is 4.90 Å². The van der Waals surface area contributed by atoms with Gasteiger partial charge in [0.2, 0.25) is 0 Å². The molecule has 1 N–H and O–H groups in total. The Morgan fingerprint density at radius 3 is 2.62 bits per heavy atom. The average molecular weight is 347 g/mol. The molecule has 2 aromatic rings. The summed E-state index contributed by atoms with van der Waals surface area (Å²) in [5.74, 6) is 0.0109. The summed E-state index contributed by atoms with van der Waals surface area (Å²) in [6.07, 6.45) is 0. The first-order valence-electron chi connectivity index (χ1n) is 6.78. The van der Waals surface area contributed by atoms with E-state index < -0.39 is 0 Å². The smallest absolute Gasteiger partial charge is 0.253 e. The van der Waals surface area contributed by atoms with Crippen molar-refractivity contribution < 1.29 is 4.79 Å². The van der Waals surface area contributed by atoms with Gasteiger partial charge in [0.25, 0.3) is 5.91 Å². The van der Waals surface area contributed by atoms with E-state index in [2.05, 4.69) is 46.4 Å². The Kier molecular flexibility index (Phi) is 5.02. The van der Waals surface area contributed by atoms with Crippen molar-refractivity contribution in [3.63, 3.8) is 0 Å². The maximum Gasteiger partial charge on any atom is 0.253 e. The van der Waals surface area contributed by atoms with Crippen LogP contribution in [0.25, 0.3) is 0 Å². The van der Waals surface area contributed by atoms with E-state index in [0.717, 1.165) is 16.7 Å².